The molecule has 0 saturated carbocycles. The van der Waals surface area contributed by atoms with Gasteiger partial charge in [0.15, 0.2) is 6.61 Å². The van der Waals surface area contributed by atoms with Gasteiger partial charge in [-0.2, -0.15) is 0 Å². The van der Waals surface area contributed by atoms with Gasteiger partial charge in [0.2, 0.25) is 0 Å². The molecule has 0 atom stereocenters. The summed E-state index contributed by atoms with van der Waals surface area (Å²) in [5, 5.41) is 14.4. The number of benzene rings is 2. The maximum Gasteiger partial charge on any atom is 0.270 e. The topological polar surface area (TPSA) is 74.0 Å². The fraction of sp³-hybridized carbons (Fsp3) is 0.188. The number of non-ortho nitro benzene ring substituents is 1. The fourth-order valence-corrected chi connectivity index (χ4v) is 1.70. The number of nitro groups is 1. The molecule has 6 heteroatoms. The van der Waals surface area contributed by atoms with Gasteiger partial charge in [0.05, 0.1) is 11.1 Å². The van der Waals surface area contributed by atoms with Crippen molar-refractivity contribution in [3.05, 3.63) is 69.8 Å². The molecule has 0 aliphatic carbocycles. The van der Waals surface area contributed by atoms with E-state index >= 15 is 0 Å². The number of aryl methyl sites for hydroxylation is 1. The second kappa shape index (κ2) is 7.78. The molecule has 0 fully saturated rings. The molecule has 0 saturated heterocycles. The SMILES string of the molecule is Cc1ccc(OCCO/N=C\c2cccc([N+](=O)[O-])c2)cc1. The zero-order valence-corrected chi connectivity index (χ0v) is 12.1. The molecule has 0 N–H and O–H groups in total. The quantitative estimate of drug-likeness (QED) is 0.340. The van der Waals surface area contributed by atoms with Crippen LogP contribution in [-0.4, -0.2) is 24.4 Å². The molecule has 0 aliphatic heterocycles. The molecular formula is C16H16N2O4. The van der Waals surface area contributed by atoms with Gasteiger partial charge in [-0.25, -0.2) is 0 Å². The molecule has 0 spiro atoms. The third-order valence-corrected chi connectivity index (χ3v) is 2.82. The summed E-state index contributed by atoms with van der Waals surface area (Å²) < 4.78 is 5.48. The highest BCUT2D eigenvalue weighted by Crippen LogP contribution is 2.12. The van der Waals surface area contributed by atoms with E-state index in [0.29, 0.717) is 18.8 Å². The van der Waals surface area contributed by atoms with Gasteiger partial charge in [0.1, 0.15) is 12.4 Å². The Morgan fingerprint density at radius 1 is 1.18 bits per heavy atom. The van der Waals surface area contributed by atoms with E-state index in [-0.39, 0.29) is 5.69 Å². The van der Waals surface area contributed by atoms with Crippen LogP contribution in [0.2, 0.25) is 0 Å². The van der Waals surface area contributed by atoms with Gasteiger partial charge in [-0.1, -0.05) is 35.0 Å². The van der Waals surface area contributed by atoms with Crippen LogP contribution in [0.15, 0.2) is 53.7 Å². The van der Waals surface area contributed by atoms with E-state index in [1.807, 2.05) is 31.2 Å². The molecular weight excluding hydrogens is 284 g/mol. The Bertz CT molecular complexity index is 653. The molecule has 2 aromatic carbocycles. The van der Waals surface area contributed by atoms with E-state index in [1.165, 1.54) is 23.9 Å². The summed E-state index contributed by atoms with van der Waals surface area (Å²) in [6, 6.07) is 13.9. The van der Waals surface area contributed by atoms with Gasteiger partial charge in [-0.05, 0) is 19.1 Å². The molecule has 2 rings (SSSR count). The Morgan fingerprint density at radius 3 is 2.68 bits per heavy atom. The monoisotopic (exact) mass is 300 g/mol. The Labute approximate surface area is 128 Å². The summed E-state index contributed by atoms with van der Waals surface area (Å²) in [6.07, 6.45) is 1.43. The summed E-state index contributed by atoms with van der Waals surface area (Å²) in [4.78, 5) is 15.2. The number of rotatable bonds is 7. The Balaban J connectivity index is 1.73. The number of nitro benzene ring substituents is 1. The molecule has 0 aliphatic rings. The fourth-order valence-electron chi connectivity index (χ4n) is 1.70. The van der Waals surface area contributed by atoms with Gasteiger partial charge in [-0.3, -0.25) is 10.1 Å². The van der Waals surface area contributed by atoms with Crippen LogP contribution in [-0.2, 0) is 4.84 Å². The van der Waals surface area contributed by atoms with Crippen molar-refractivity contribution in [2.45, 2.75) is 6.92 Å². The predicted molar refractivity (Wildman–Crippen MR) is 83.3 cm³/mol. The molecule has 0 radical (unpaired) electrons. The van der Waals surface area contributed by atoms with Crippen molar-refractivity contribution in [3.8, 4) is 5.75 Å². The molecule has 6 nitrogen and oxygen atoms in total. The smallest absolute Gasteiger partial charge is 0.270 e. The van der Waals surface area contributed by atoms with Crippen LogP contribution < -0.4 is 4.74 Å². The minimum Gasteiger partial charge on any atom is -0.490 e. The number of ether oxygens (including phenoxy) is 1. The highest BCUT2D eigenvalue weighted by molar-refractivity contribution is 5.80. The zero-order chi connectivity index (χ0) is 15.8. The van der Waals surface area contributed by atoms with E-state index in [2.05, 4.69) is 5.16 Å². The number of hydrogen-bond donors (Lipinski definition) is 0. The van der Waals surface area contributed by atoms with Gasteiger partial charge in [0.25, 0.3) is 5.69 Å². The molecule has 2 aromatic rings. The van der Waals surface area contributed by atoms with E-state index in [4.69, 9.17) is 9.57 Å². The zero-order valence-electron chi connectivity index (χ0n) is 12.1. The molecule has 0 amide bonds. The average molecular weight is 300 g/mol. The van der Waals surface area contributed by atoms with E-state index in [9.17, 15) is 10.1 Å². The van der Waals surface area contributed by atoms with Crippen LogP contribution in [0.25, 0.3) is 0 Å². The van der Waals surface area contributed by atoms with Crippen LogP contribution in [0.4, 0.5) is 5.69 Å². The van der Waals surface area contributed by atoms with Crippen molar-refractivity contribution in [1.82, 2.24) is 0 Å². The van der Waals surface area contributed by atoms with Crippen molar-refractivity contribution in [3.63, 3.8) is 0 Å². The van der Waals surface area contributed by atoms with Gasteiger partial charge in [0, 0.05) is 17.7 Å². The Kier molecular flexibility index (Phi) is 5.48. The minimum absolute atomic E-state index is 0.0201. The number of nitrogens with zero attached hydrogens (tertiary/aromatic N) is 2. The maximum atomic E-state index is 10.6. The Morgan fingerprint density at radius 2 is 1.95 bits per heavy atom. The normalized spacial score (nSPS) is 10.6. The number of hydrogen-bond acceptors (Lipinski definition) is 5. The first-order chi connectivity index (χ1) is 10.6. The second-order valence-corrected chi connectivity index (χ2v) is 4.58. The van der Waals surface area contributed by atoms with Crippen LogP contribution in [0, 0.1) is 17.0 Å². The van der Waals surface area contributed by atoms with Crippen LogP contribution >= 0.6 is 0 Å². The predicted octanol–water partition coefficient (Wildman–Crippen LogP) is 3.33. The van der Waals surface area contributed by atoms with Crippen LogP contribution in [0.1, 0.15) is 11.1 Å². The third-order valence-electron chi connectivity index (χ3n) is 2.82. The average Bonchev–Trinajstić information content (AvgIpc) is 2.52. The summed E-state index contributed by atoms with van der Waals surface area (Å²) in [5.74, 6) is 0.775. The largest absolute Gasteiger partial charge is 0.490 e. The highest BCUT2D eigenvalue weighted by atomic mass is 16.6. The first-order valence-corrected chi connectivity index (χ1v) is 6.74. The first-order valence-electron chi connectivity index (χ1n) is 6.74. The van der Waals surface area contributed by atoms with Gasteiger partial charge < -0.3 is 9.57 Å². The Hall–Kier alpha value is -2.89. The van der Waals surface area contributed by atoms with Gasteiger partial charge in [-0.15, -0.1) is 0 Å². The van der Waals surface area contributed by atoms with Gasteiger partial charge >= 0.3 is 0 Å². The minimum atomic E-state index is -0.451. The van der Waals surface area contributed by atoms with Crippen molar-refractivity contribution in [2.24, 2.45) is 5.16 Å². The first kappa shape index (κ1) is 15.5. The van der Waals surface area contributed by atoms with E-state index < -0.39 is 4.92 Å². The second-order valence-electron chi connectivity index (χ2n) is 4.58. The maximum absolute atomic E-state index is 10.6. The van der Waals surface area contributed by atoms with Crippen molar-refractivity contribution < 1.29 is 14.5 Å². The summed E-state index contributed by atoms with van der Waals surface area (Å²) in [7, 11) is 0. The standard InChI is InChI=1S/C16H16N2O4/c1-13-5-7-16(8-6-13)21-9-10-22-17-12-14-3-2-4-15(11-14)18(19)20/h2-8,11-12H,9-10H2,1H3/b17-12-. The lowest BCUT2D eigenvalue weighted by Gasteiger charge is -2.05. The lowest BCUT2D eigenvalue weighted by atomic mass is 10.2. The van der Waals surface area contributed by atoms with E-state index in [1.54, 1.807) is 12.1 Å². The van der Waals surface area contributed by atoms with Crippen molar-refractivity contribution in [2.75, 3.05) is 13.2 Å². The molecule has 0 aromatic heterocycles. The number of oxime groups is 1. The molecule has 0 bridgehead atoms. The summed E-state index contributed by atoms with van der Waals surface area (Å²) in [5.41, 5.74) is 1.80. The van der Waals surface area contributed by atoms with Crippen molar-refractivity contribution >= 4 is 11.9 Å². The molecule has 22 heavy (non-hydrogen) atoms. The third kappa shape index (κ3) is 4.90. The summed E-state index contributed by atoms with van der Waals surface area (Å²) in [6.45, 7) is 2.67. The van der Waals surface area contributed by atoms with Crippen molar-refractivity contribution in [1.29, 1.82) is 0 Å². The molecule has 114 valence electrons. The molecule has 0 heterocycles. The lowest BCUT2D eigenvalue weighted by Crippen LogP contribution is -2.04. The highest BCUT2D eigenvalue weighted by Gasteiger charge is 2.03. The van der Waals surface area contributed by atoms with E-state index in [0.717, 1.165) is 5.75 Å². The molecule has 0 unspecified atom stereocenters. The van der Waals surface area contributed by atoms with Crippen LogP contribution in [0.5, 0.6) is 5.75 Å². The lowest BCUT2D eigenvalue weighted by molar-refractivity contribution is -0.384. The van der Waals surface area contributed by atoms with Crippen LogP contribution in [0.3, 0.4) is 0 Å². The summed E-state index contributed by atoms with van der Waals surface area (Å²) >= 11 is 0.